The minimum atomic E-state index is -0.673. The van der Waals surface area contributed by atoms with Gasteiger partial charge in [-0.1, -0.05) is 51.3 Å². The maximum Gasteiger partial charge on any atom is 0.261 e. The highest BCUT2D eigenvalue weighted by Gasteiger charge is 2.27. The number of carbonyl (C=O) groups excluding carboxylic acids is 2. The van der Waals surface area contributed by atoms with Crippen LogP contribution in [0.5, 0.6) is 5.75 Å². The molecule has 1 atom stereocenters. The van der Waals surface area contributed by atoms with Crippen molar-refractivity contribution in [3.63, 3.8) is 0 Å². The lowest BCUT2D eigenvalue weighted by molar-refractivity contribution is -0.142. The second kappa shape index (κ2) is 10.9. The Morgan fingerprint density at radius 3 is 2.48 bits per heavy atom. The molecule has 0 spiro atoms. The number of carbonyl (C=O) groups is 2. The first-order valence-electron chi connectivity index (χ1n) is 9.09. The normalized spacial score (nSPS) is 11.8. The Kier molecular flexibility index (Phi) is 8.80. The number of nitrogens with one attached hydrogen (secondary N) is 1. The molecule has 2 aromatic rings. The Hall–Kier alpha value is -1.76. The first kappa shape index (κ1) is 23.5. The van der Waals surface area contributed by atoms with E-state index in [2.05, 4.69) is 21.2 Å². The van der Waals surface area contributed by atoms with Gasteiger partial charge in [-0.05, 0) is 56.7 Å². The lowest BCUT2D eigenvalue weighted by Gasteiger charge is -2.29. The molecule has 2 rings (SSSR count). The van der Waals surface area contributed by atoms with Crippen LogP contribution in [-0.4, -0.2) is 35.4 Å². The van der Waals surface area contributed by atoms with Gasteiger partial charge in [-0.2, -0.15) is 0 Å². The summed E-state index contributed by atoms with van der Waals surface area (Å²) in [5.41, 5.74) is 0.890. The highest BCUT2D eigenvalue weighted by atomic mass is 79.9. The van der Waals surface area contributed by atoms with Crippen LogP contribution >= 0.6 is 39.1 Å². The average molecular weight is 502 g/mol. The number of rotatable bonds is 8. The maximum absolute atomic E-state index is 13.0. The fraction of sp³-hybridized carbons (Fsp3) is 0.333. The molecule has 0 fully saturated rings. The lowest BCUT2D eigenvalue weighted by Crippen LogP contribution is -2.50. The van der Waals surface area contributed by atoms with E-state index in [4.69, 9.17) is 27.9 Å². The molecule has 0 radical (unpaired) electrons. The summed E-state index contributed by atoms with van der Waals surface area (Å²) >= 11 is 15.4. The molecule has 1 N–H and O–H groups in total. The van der Waals surface area contributed by atoms with Gasteiger partial charge in [0.05, 0.1) is 5.02 Å². The summed E-state index contributed by atoms with van der Waals surface area (Å²) in [6, 6.07) is 11.7. The molecule has 8 heteroatoms. The van der Waals surface area contributed by atoms with E-state index in [1.807, 2.05) is 38.1 Å². The van der Waals surface area contributed by atoms with Crippen LogP contribution in [0.1, 0.15) is 26.3 Å². The Labute approximate surface area is 189 Å². The highest BCUT2D eigenvalue weighted by Crippen LogP contribution is 2.27. The predicted octanol–water partition coefficient (Wildman–Crippen LogP) is 5.08. The van der Waals surface area contributed by atoms with Crippen LogP contribution in [0.3, 0.4) is 0 Å². The third-order valence-electron chi connectivity index (χ3n) is 4.09. The molecule has 2 amide bonds. The van der Waals surface area contributed by atoms with Crippen molar-refractivity contribution in [3.8, 4) is 5.75 Å². The van der Waals surface area contributed by atoms with Crippen LogP contribution < -0.4 is 10.1 Å². The molecule has 0 aliphatic rings. The van der Waals surface area contributed by atoms with Crippen molar-refractivity contribution >= 4 is 50.9 Å². The summed E-state index contributed by atoms with van der Waals surface area (Å²) in [5.74, 6) is -0.207. The van der Waals surface area contributed by atoms with E-state index in [9.17, 15) is 9.59 Å². The standard InChI is InChI=1S/C21H23BrCl2N2O3/c1-13(2)25-21(28)14(3)26(11-15-5-4-6-16(22)9-15)20(27)12-29-19-8-7-17(23)10-18(19)24/h4-10,13-14H,11-12H2,1-3H3,(H,25,28)/t14-/m0/s1. The maximum atomic E-state index is 13.0. The summed E-state index contributed by atoms with van der Waals surface area (Å²) in [4.78, 5) is 27.0. The second-order valence-electron chi connectivity index (χ2n) is 6.85. The molecule has 0 saturated heterocycles. The Balaban J connectivity index is 2.17. The topological polar surface area (TPSA) is 58.6 Å². The zero-order chi connectivity index (χ0) is 21.6. The summed E-state index contributed by atoms with van der Waals surface area (Å²) < 4.78 is 6.48. The van der Waals surface area contributed by atoms with Crippen molar-refractivity contribution in [1.29, 1.82) is 0 Å². The molecule has 0 aromatic heterocycles. The number of hydrogen-bond donors (Lipinski definition) is 1. The quantitative estimate of drug-likeness (QED) is 0.548. The van der Waals surface area contributed by atoms with Gasteiger partial charge in [0.25, 0.3) is 5.91 Å². The zero-order valence-electron chi connectivity index (χ0n) is 16.4. The summed E-state index contributed by atoms with van der Waals surface area (Å²) in [6.07, 6.45) is 0. The molecule has 0 aliphatic carbocycles. The molecule has 0 saturated carbocycles. The van der Waals surface area contributed by atoms with Crippen LogP contribution in [0.2, 0.25) is 10.0 Å². The SMILES string of the molecule is CC(C)NC(=O)[C@H](C)N(Cc1cccc(Br)c1)C(=O)COc1ccc(Cl)cc1Cl. The van der Waals surface area contributed by atoms with Crippen LogP contribution in [0.25, 0.3) is 0 Å². The summed E-state index contributed by atoms with van der Waals surface area (Å²) in [5, 5.41) is 3.64. The molecule has 0 heterocycles. The Morgan fingerprint density at radius 1 is 1.14 bits per heavy atom. The zero-order valence-corrected chi connectivity index (χ0v) is 19.5. The van der Waals surface area contributed by atoms with Gasteiger partial charge in [0.2, 0.25) is 5.91 Å². The van der Waals surface area contributed by atoms with E-state index in [-0.39, 0.29) is 31.0 Å². The largest absolute Gasteiger partial charge is 0.482 e. The van der Waals surface area contributed by atoms with E-state index in [0.717, 1.165) is 10.0 Å². The molecule has 5 nitrogen and oxygen atoms in total. The van der Waals surface area contributed by atoms with Crippen LogP contribution in [-0.2, 0) is 16.1 Å². The third-order valence-corrected chi connectivity index (χ3v) is 5.11. The van der Waals surface area contributed by atoms with Gasteiger partial charge in [-0.25, -0.2) is 0 Å². The molecule has 0 unspecified atom stereocenters. The van der Waals surface area contributed by atoms with E-state index < -0.39 is 6.04 Å². The number of hydrogen-bond acceptors (Lipinski definition) is 3. The van der Waals surface area contributed by atoms with Crippen LogP contribution in [0.15, 0.2) is 46.9 Å². The van der Waals surface area contributed by atoms with Gasteiger partial charge in [0, 0.05) is 22.1 Å². The monoisotopic (exact) mass is 500 g/mol. The van der Waals surface area contributed by atoms with E-state index in [1.54, 1.807) is 25.1 Å². The van der Waals surface area contributed by atoms with Gasteiger partial charge in [0.15, 0.2) is 6.61 Å². The molecular weight excluding hydrogens is 479 g/mol. The summed E-state index contributed by atoms with van der Waals surface area (Å²) in [6.45, 7) is 5.45. The number of halogens is 3. The van der Waals surface area contributed by atoms with Crippen LogP contribution in [0, 0.1) is 0 Å². The van der Waals surface area contributed by atoms with Crippen molar-refractivity contribution in [1.82, 2.24) is 10.2 Å². The van der Waals surface area contributed by atoms with Crippen molar-refractivity contribution in [2.75, 3.05) is 6.61 Å². The Bertz CT molecular complexity index is 877. The van der Waals surface area contributed by atoms with Crippen molar-refractivity contribution < 1.29 is 14.3 Å². The second-order valence-corrected chi connectivity index (χ2v) is 8.61. The van der Waals surface area contributed by atoms with E-state index >= 15 is 0 Å². The Morgan fingerprint density at radius 2 is 1.86 bits per heavy atom. The van der Waals surface area contributed by atoms with E-state index in [0.29, 0.717) is 15.8 Å². The van der Waals surface area contributed by atoms with Gasteiger partial charge >= 0.3 is 0 Å². The molecule has 29 heavy (non-hydrogen) atoms. The van der Waals surface area contributed by atoms with E-state index in [1.165, 1.54) is 4.90 Å². The molecule has 2 aromatic carbocycles. The highest BCUT2D eigenvalue weighted by molar-refractivity contribution is 9.10. The third kappa shape index (κ3) is 7.21. The molecule has 0 bridgehead atoms. The lowest BCUT2D eigenvalue weighted by atomic mass is 10.1. The average Bonchev–Trinajstić information content (AvgIpc) is 2.64. The van der Waals surface area contributed by atoms with Crippen molar-refractivity contribution in [2.45, 2.75) is 39.4 Å². The molecular formula is C21H23BrCl2N2O3. The fourth-order valence-electron chi connectivity index (χ4n) is 2.63. The first-order chi connectivity index (χ1) is 13.7. The first-order valence-corrected chi connectivity index (χ1v) is 10.6. The van der Waals surface area contributed by atoms with Gasteiger partial charge in [-0.3, -0.25) is 9.59 Å². The van der Waals surface area contributed by atoms with Gasteiger partial charge in [-0.15, -0.1) is 0 Å². The number of ether oxygens (including phenoxy) is 1. The van der Waals surface area contributed by atoms with Gasteiger partial charge in [0.1, 0.15) is 11.8 Å². The number of nitrogens with zero attached hydrogens (tertiary/aromatic N) is 1. The smallest absolute Gasteiger partial charge is 0.261 e. The fourth-order valence-corrected chi connectivity index (χ4v) is 3.54. The van der Waals surface area contributed by atoms with Crippen molar-refractivity contribution in [2.24, 2.45) is 0 Å². The summed E-state index contributed by atoms with van der Waals surface area (Å²) in [7, 11) is 0. The minimum absolute atomic E-state index is 0.0307. The van der Waals surface area contributed by atoms with Gasteiger partial charge < -0.3 is 15.0 Å². The minimum Gasteiger partial charge on any atom is -0.482 e. The number of amides is 2. The number of benzene rings is 2. The molecule has 0 aliphatic heterocycles. The molecule has 156 valence electrons. The van der Waals surface area contributed by atoms with Crippen LogP contribution in [0.4, 0.5) is 0 Å². The van der Waals surface area contributed by atoms with Crippen molar-refractivity contribution in [3.05, 3.63) is 62.5 Å². The predicted molar refractivity (Wildman–Crippen MR) is 119 cm³/mol.